The average Bonchev–Trinajstić information content (AvgIpc) is 2.28. The van der Waals surface area contributed by atoms with Gasteiger partial charge in [0.15, 0.2) is 0 Å². The number of nitrogens with one attached hydrogen (secondary N) is 1. The van der Waals surface area contributed by atoms with Crippen LogP contribution in [0.2, 0.25) is 0 Å². The van der Waals surface area contributed by atoms with Gasteiger partial charge in [-0.25, -0.2) is 0 Å². The van der Waals surface area contributed by atoms with Crippen LogP contribution >= 0.6 is 0 Å². The van der Waals surface area contributed by atoms with Gasteiger partial charge in [-0.05, 0) is 31.6 Å². The summed E-state index contributed by atoms with van der Waals surface area (Å²) in [5.41, 5.74) is 5.48. The lowest BCUT2D eigenvalue weighted by Gasteiger charge is -2.35. The smallest absolute Gasteiger partial charge is 0.240 e. The van der Waals surface area contributed by atoms with Gasteiger partial charge in [0.05, 0.1) is 11.6 Å². The Bertz CT molecular complexity index is 258. The van der Waals surface area contributed by atoms with E-state index in [1.165, 1.54) is 6.42 Å². The number of carbonyl (C=O) groups excluding carboxylic acids is 1. The summed E-state index contributed by atoms with van der Waals surface area (Å²) in [5, 5.41) is 12.3. The third kappa shape index (κ3) is 4.28. The van der Waals surface area contributed by atoms with Crippen LogP contribution in [0.15, 0.2) is 0 Å². The van der Waals surface area contributed by atoms with E-state index in [9.17, 15) is 9.90 Å². The molecule has 4 heteroatoms. The molecule has 1 aliphatic carbocycles. The quantitative estimate of drug-likeness (QED) is 0.677. The fourth-order valence-electron chi connectivity index (χ4n) is 2.53. The average molecular weight is 242 g/mol. The fraction of sp³-hybridized carbons (Fsp3) is 0.923. The van der Waals surface area contributed by atoms with Crippen LogP contribution in [-0.2, 0) is 4.79 Å². The predicted molar refractivity (Wildman–Crippen MR) is 68.5 cm³/mol. The molecule has 0 aromatic heterocycles. The number of aliphatic hydroxyl groups is 1. The normalized spacial score (nSPS) is 30.9. The number of hydrogen-bond donors (Lipinski definition) is 3. The number of rotatable bonds is 5. The number of hydrogen-bond acceptors (Lipinski definition) is 3. The van der Waals surface area contributed by atoms with Crippen LogP contribution in [0.5, 0.6) is 0 Å². The fourth-order valence-corrected chi connectivity index (χ4v) is 2.53. The summed E-state index contributed by atoms with van der Waals surface area (Å²) in [5.74, 6) is 0.480. The zero-order chi connectivity index (χ0) is 12.9. The number of carbonyl (C=O) groups is 1. The molecule has 3 atom stereocenters. The van der Waals surface area contributed by atoms with Crippen molar-refractivity contribution in [2.75, 3.05) is 6.54 Å². The molecule has 0 saturated heterocycles. The third-order valence-corrected chi connectivity index (χ3v) is 3.72. The first-order valence-electron chi connectivity index (χ1n) is 6.73. The summed E-state index contributed by atoms with van der Waals surface area (Å²) < 4.78 is 0. The van der Waals surface area contributed by atoms with Crippen LogP contribution in [0.4, 0.5) is 0 Å². The van der Waals surface area contributed by atoms with Crippen LogP contribution in [-0.4, -0.2) is 29.2 Å². The molecule has 0 bridgehead atoms. The minimum absolute atomic E-state index is 0.0487. The Kier molecular flexibility index (Phi) is 5.40. The summed E-state index contributed by atoms with van der Waals surface area (Å²) in [7, 11) is 0. The summed E-state index contributed by atoms with van der Waals surface area (Å²) in [6, 6.07) is 0. The van der Waals surface area contributed by atoms with Crippen molar-refractivity contribution >= 4 is 5.91 Å². The molecule has 0 radical (unpaired) electrons. The van der Waals surface area contributed by atoms with Crippen molar-refractivity contribution in [2.24, 2.45) is 11.7 Å². The molecule has 0 aromatic carbocycles. The van der Waals surface area contributed by atoms with Gasteiger partial charge in [-0.2, -0.15) is 0 Å². The maximum atomic E-state index is 12.0. The Morgan fingerprint density at radius 2 is 2.35 bits per heavy atom. The Hall–Kier alpha value is -0.610. The molecule has 1 saturated carbocycles. The molecule has 4 nitrogen and oxygen atoms in total. The highest BCUT2D eigenvalue weighted by atomic mass is 16.3. The van der Waals surface area contributed by atoms with Crippen LogP contribution in [0, 0.1) is 5.92 Å². The minimum atomic E-state index is -0.686. The van der Waals surface area contributed by atoms with Crippen LogP contribution in [0.3, 0.4) is 0 Å². The van der Waals surface area contributed by atoms with E-state index >= 15 is 0 Å². The SMILES string of the molecule is CCC(O)CCNC(=O)C1(N)CCCC(C)C1. The standard InChI is InChI=1S/C13H26N2O2/c1-3-11(16)6-8-15-12(17)13(14)7-4-5-10(2)9-13/h10-11,16H,3-9,14H2,1-2H3,(H,15,17). The maximum Gasteiger partial charge on any atom is 0.240 e. The van der Waals surface area contributed by atoms with Gasteiger partial charge in [0, 0.05) is 6.54 Å². The summed E-state index contributed by atoms with van der Waals surface area (Å²) in [4.78, 5) is 12.0. The Balaban J connectivity index is 2.35. The molecule has 1 aliphatic rings. The van der Waals surface area contributed by atoms with Gasteiger partial charge >= 0.3 is 0 Å². The van der Waals surface area contributed by atoms with Gasteiger partial charge < -0.3 is 16.2 Å². The summed E-state index contributed by atoms with van der Waals surface area (Å²) in [6.07, 6.45) is 4.75. The highest BCUT2D eigenvalue weighted by Gasteiger charge is 2.37. The van der Waals surface area contributed by atoms with Crippen molar-refractivity contribution < 1.29 is 9.90 Å². The van der Waals surface area contributed by atoms with Gasteiger partial charge in [0.1, 0.15) is 0 Å². The second-order valence-corrected chi connectivity index (χ2v) is 5.46. The van der Waals surface area contributed by atoms with E-state index in [-0.39, 0.29) is 12.0 Å². The number of amides is 1. The highest BCUT2D eigenvalue weighted by Crippen LogP contribution is 2.30. The van der Waals surface area contributed by atoms with Crippen molar-refractivity contribution in [3.05, 3.63) is 0 Å². The monoisotopic (exact) mass is 242 g/mol. The second kappa shape index (κ2) is 6.36. The maximum absolute atomic E-state index is 12.0. The van der Waals surface area contributed by atoms with E-state index in [0.29, 0.717) is 18.9 Å². The largest absolute Gasteiger partial charge is 0.393 e. The molecule has 1 rings (SSSR count). The summed E-state index contributed by atoms with van der Waals surface area (Å²) in [6.45, 7) is 4.59. The Morgan fingerprint density at radius 1 is 1.65 bits per heavy atom. The van der Waals surface area contributed by atoms with Crippen LogP contribution in [0.25, 0.3) is 0 Å². The first-order chi connectivity index (χ1) is 7.98. The molecule has 0 heterocycles. The van der Waals surface area contributed by atoms with Gasteiger partial charge in [-0.3, -0.25) is 4.79 Å². The molecule has 100 valence electrons. The van der Waals surface area contributed by atoms with Gasteiger partial charge in [-0.1, -0.05) is 26.7 Å². The lowest BCUT2D eigenvalue weighted by molar-refractivity contribution is -0.128. The van der Waals surface area contributed by atoms with Crippen molar-refractivity contribution in [1.82, 2.24) is 5.32 Å². The molecule has 0 spiro atoms. The van der Waals surface area contributed by atoms with Gasteiger partial charge in [-0.15, -0.1) is 0 Å². The van der Waals surface area contributed by atoms with Crippen molar-refractivity contribution in [2.45, 2.75) is 64.0 Å². The summed E-state index contributed by atoms with van der Waals surface area (Å²) >= 11 is 0. The molecule has 1 amide bonds. The lowest BCUT2D eigenvalue weighted by Crippen LogP contribution is -2.56. The molecule has 1 fully saturated rings. The molecule has 4 N–H and O–H groups in total. The molecule has 3 unspecified atom stereocenters. The molecule has 17 heavy (non-hydrogen) atoms. The predicted octanol–water partition coefficient (Wildman–Crippen LogP) is 1.17. The first-order valence-corrected chi connectivity index (χ1v) is 6.73. The molecule has 0 aliphatic heterocycles. The van der Waals surface area contributed by atoms with E-state index in [2.05, 4.69) is 12.2 Å². The van der Waals surface area contributed by atoms with E-state index < -0.39 is 5.54 Å². The molecular weight excluding hydrogens is 216 g/mol. The number of nitrogens with two attached hydrogens (primary N) is 1. The van der Waals surface area contributed by atoms with E-state index in [0.717, 1.165) is 25.7 Å². The van der Waals surface area contributed by atoms with Crippen molar-refractivity contribution in [3.63, 3.8) is 0 Å². The Labute approximate surface area is 104 Å². The molecular formula is C13H26N2O2. The Morgan fingerprint density at radius 3 is 2.94 bits per heavy atom. The topological polar surface area (TPSA) is 75.3 Å². The van der Waals surface area contributed by atoms with Crippen LogP contribution < -0.4 is 11.1 Å². The third-order valence-electron chi connectivity index (χ3n) is 3.72. The van der Waals surface area contributed by atoms with E-state index in [4.69, 9.17) is 5.73 Å². The van der Waals surface area contributed by atoms with Gasteiger partial charge in [0.2, 0.25) is 5.91 Å². The molecule has 0 aromatic rings. The van der Waals surface area contributed by atoms with Crippen LogP contribution in [0.1, 0.15) is 52.4 Å². The van der Waals surface area contributed by atoms with E-state index in [1.807, 2.05) is 6.92 Å². The van der Waals surface area contributed by atoms with Crippen molar-refractivity contribution in [1.29, 1.82) is 0 Å². The second-order valence-electron chi connectivity index (χ2n) is 5.46. The number of aliphatic hydroxyl groups excluding tert-OH is 1. The first kappa shape index (κ1) is 14.5. The van der Waals surface area contributed by atoms with E-state index in [1.54, 1.807) is 0 Å². The van der Waals surface area contributed by atoms with Gasteiger partial charge in [0.25, 0.3) is 0 Å². The minimum Gasteiger partial charge on any atom is -0.393 e. The highest BCUT2D eigenvalue weighted by molar-refractivity contribution is 5.86. The van der Waals surface area contributed by atoms with Crippen molar-refractivity contribution in [3.8, 4) is 0 Å². The zero-order valence-corrected chi connectivity index (χ0v) is 11.0. The lowest BCUT2D eigenvalue weighted by atomic mass is 9.76. The zero-order valence-electron chi connectivity index (χ0n) is 11.0.